The first-order valence-corrected chi connectivity index (χ1v) is 9.34. The van der Waals surface area contributed by atoms with Gasteiger partial charge in [0.25, 0.3) is 0 Å². The highest BCUT2D eigenvalue weighted by atomic mass is 79.9. The first kappa shape index (κ1) is 17.2. The van der Waals surface area contributed by atoms with E-state index >= 15 is 0 Å². The number of benzene rings is 1. The highest BCUT2D eigenvalue weighted by Crippen LogP contribution is 2.19. The van der Waals surface area contributed by atoms with Gasteiger partial charge in [-0.2, -0.15) is 5.10 Å². The van der Waals surface area contributed by atoms with Crippen LogP contribution in [-0.4, -0.2) is 24.7 Å². The van der Waals surface area contributed by atoms with Gasteiger partial charge in [-0.05, 0) is 57.0 Å². The summed E-state index contributed by atoms with van der Waals surface area (Å²) >= 11 is 3.34. The molecule has 2 rings (SSSR count). The second-order valence-corrected chi connectivity index (χ2v) is 7.96. The molecule has 0 fully saturated rings. The van der Waals surface area contributed by atoms with Crippen LogP contribution in [0.2, 0.25) is 0 Å². The third-order valence-corrected chi connectivity index (χ3v) is 5.48. The molecule has 0 saturated carbocycles. The zero-order valence-electron chi connectivity index (χ0n) is 12.9. The summed E-state index contributed by atoms with van der Waals surface area (Å²) in [5.41, 5.74) is 2.79. The van der Waals surface area contributed by atoms with Gasteiger partial charge >= 0.3 is 0 Å². The predicted molar refractivity (Wildman–Crippen MR) is 90.4 cm³/mol. The Bertz CT molecular complexity index is 769. The number of hydrogen-bond donors (Lipinski definition) is 1. The summed E-state index contributed by atoms with van der Waals surface area (Å²) in [7, 11) is -3.47. The Morgan fingerprint density at radius 2 is 1.95 bits per heavy atom. The zero-order chi connectivity index (χ0) is 16.3. The number of rotatable bonds is 6. The van der Waals surface area contributed by atoms with Gasteiger partial charge in [0, 0.05) is 23.3 Å². The topological polar surface area (TPSA) is 64.0 Å². The molecule has 5 nitrogen and oxygen atoms in total. The lowest BCUT2D eigenvalue weighted by atomic mass is 10.2. The van der Waals surface area contributed by atoms with Crippen molar-refractivity contribution in [3.8, 4) is 0 Å². The standard InChI is InChI=1S/C15H20BrN3O2S/c1-11-9-14(16)5-6-15(11)22(20,21)17-7-4-8-19-13(3)10-12(2)18-19/h5-6,9-10,17H,4,7-8H2,1-3H3. The molecule has 0 atom stereocenters. The molecule has 0 aliphatic heterocycles. The number of nitrogens with one attached hydrogen (secondary N) is 1. The van der Waals surface area contributed by atoms with Gasteiger partial charge in [-0.3, -0.25) is 4.68 Å². The van der Waals surface area contributed by atoms with Crippen molar-refractivity contribution in [3.63, 3.8) is 0 Å². The molecule has 7 heteroatoms. The molecule has 1 aromatic heterocycles. The van der Waals surface area contributed by atoms with E-state index in [-0.39, 0.29) is 0 Å². The number of aromatic nitrogens is 2. The highest BCUT2D eigenvalue weighted by molar-refractivity contribution is 9.10. The lowest BCUT2D eigenvalue weighted by molar-refractivity contribution is 0.544. The monoisotopic (exact) mass is 385 g/mol. The van der Waals surface area contributed by atoms with E-state index < -0.39 is 10.0 Å². The van der Waals surface area contributed by atoms with Crippen LogP contribution in [0.4, 0.5) is 0 Å². The molecule has 1 N–H and O–H groups in total. The fraction of sp³-hybridized carbons (Fsp3) is 0.400. The van der Waals surface area contributed by atoms with Crippen LogP contribution in [-0.2, 0) is 16.6 Å². The fourth-order valence-electron chi connectivity index (χ4n) is 2.33. The summed E-state index contributed by atoms with van der Waals surface area (Å²) < 4.78 is 30.0. The van der Waals surface area contributed by atoms with Crippen molar-refractivity contribution in [2.24, 2.45) is 0 Å². The highest BCUT2D eigenvalue weighted by Gasteiger charge is 2.16. The summed E-state index contributed by atoms with van der Waals surface area (Å²) in [6.07, 6.45) is 0.691. The van der Waals surface area contributed by atoms with Crippen molar-refractivity contribution in [1.29, 1.82) is 0 Å². The molecule has 22 heavy (non-hydrogen) atoms. The largest absolute Gasteiger partial charge is 0.270 e. The second kappa shape index (κ2) is 6.93. The smallest absolute Gasteiger partial charge is 0.240 e. The summed E-state index contributed by atoms with van der Waals surface area (Å²) in [4.78, 5) is 0.321. The quantitative estimate of drug-likeness (QED) is 0.777. The van der Waals surface area contributed by atoms with E-state index in [9.17, 15) is 8.42 Å². The number of nitrogens with zero attached hydrogens (tertiary/aromatic N) is 2. The van der Waals surface area contributed by atoms with Crippen LogP contribution in [0, 0.1) is 20.8 Å². The summed E-state index contributed by atoms with van der Waals surface area (Å²) in [5, 5.41) is 4.36. The van der Waals surface area contributed by atoms with Crippen molar-refractivity contribution >= 4 is 26.0 Å². The van der Waals surface area contributed by atoms with Gasteiger partial charge in [0.1, 0.15) is 0 Å². The fourth-order valence-corrected chi connectivity index (χ4v) is 4.10. The van der Waals surface area contributed by atoms with E-state index in [0.29, 0.717) is 24.4 Å². The molecule has 0 aliphatic carbocycles. The number of aryl methyl sites for hydroxylation is 4. The molecule has 2 aromatic rings. The van der Waals surface area contributed by atoms with E-state index in [1.807, 2.05) is 24.6 Å². The van der Waals surface area contributed by atoms with Crippen molar-refractivity contribution in [3.05, 3.63) is 45.7 Å². The second-order valence-electron chi connectivity index (χ2n) is 5.31. The summed E-state index contributed by atoms with van der Waals surface area (Å²) in [6, 6.07) is 7.15. The molecule has 0 spiro atoms. The maximum atomic E-state index is 12.3. The van der Waals surface area contributed by atoms with Crippen molar-refractivity contribution in [2.75, 3.05) is 6.54 Å². The molecule has 120 valence electrons. The first-order chi connectivity index (χ1) is 10.3. The Morgan fingerprint density at radius 1 is 1.23 bits per heavy atom. The normalized spacial score (nSPS) is 11.8. The molecule has 0 unspecified atom stereocenters. The molecular formula is C15H20BrN3O2S. The van der Waals surface area contributed by atoms with Crippen LogP contribution in [0.1, 0.15) is 23.4 Å². The maximum absolute atomic E-state index is 12.3. The van der Waals surface area contributed by atoms with Crippen LogP contribution < -0.4 is 4.72 Å². The Hall–Kier alpha value is -1.18. The predicted octanol–water partition coefficient (Wildman–Crippen LogP) is 2.94. The minimum Gasteiger partial charge on any atom is -0.270 e. The molecule has 1 heterocycles. The average Bonchev–Trinajstić information content (AvgIpc) is 2.72. The van der Waals surface area contributed by atoms with E-state index in [4.69, 9.17) is 0 Å². The van der Waals surface area contributed by atoms with Gasteiger partial charge in [0.05, 0.1) is 10.6 Å². The van der Waals surface area contributed by atoms with Crippen LogP contribution in [0.15, 0.2) is 33.6 Å². The minimum atomic E-state index is -3.47. The van der Waals surface area contributed by atoms with Gasteiger partial charge in [0.2, 0.25) is 10.0 Å². The van der Waals surface area contributed by atoms with Gasteiger partial charge in [0.15, 0.2) is 0 Å². The molecule has 0 aliphatic rings. The van der Waals surface area contributed by atoms with Gasteiger partial charge in [-0.25, -0.2) is 13.1 Å². The van der Waals surface area contributed by atoms with Gasteiger partial charge in [-0.1, -0.05) is 15.9 Å². The van der Waals surface area contributed by atoms with Gasteiger partial charge in [-0.15, -0.1) is 0 Å². The molecule has 0 saturated heterocycles. The molecule has 1 aromatic carbocycles. The van der Waals surface area contributed by atoms with Crippen molar-refractivity contribution < 1.29 is 8.42 Å². The number of halogens is 1. The van der Waals surface area contributed by atoms with Crippen LogP contribution >= 0.6 is 15.9 Å². The van der Waals surface area contributed by atoms with Crippen molar-refractivity contribution in [2.45, 2.75) is 38.6 Å². The van der Waals surface area contributed by atoms with Gasteiger partial charge < -0.3 is 0 Å². The van der Waals surface area contributed by atoms with E-state index in [2.05, 4.69) is 25.8 Å². The summed E-state index contributed by atoms with van der Waals surface area (Å²) in [6.45, 7) is 6.81. The Kier molecular flexibility index (Phi) is 5.41. The van der Waals surface area contributed by atoms with E-state index in [1.165, 1.54) is 0 Å². The zero-order valence-corrected chi connectivity index (χ0v) is 15.3. The molecule has 0 radical (unpaired) electrons. The number of hydrogen-bond acceptors (Lipinski definition) is 3. The Labute approximate surface area is 139 Å². The van der Waals surface area contributed by atoms with E-state index in [1.54, 1.807) is 25.1 Å². The maximum Gasteiger partial charge on any atom is 0.240 e. The third kappa shape index (κ3) is 4.18. The van der Waals surface area contributed by atoms with Crippen LogP contribution in [0.25, 0.3) is 0 Å². The molecule has 0 amide bonds. The minimum absolute atomic E-state index is 0.321. The van der Waals surface area contributed by atoms with Crippen molar-refractivity contribution in [1.82, 2.24) is 14.5 Å². The Morgan fingerprint density at radius 3 is 2.55 bits per heavy atom. The van der Waals surface area contributed by atoms with Crippen LogP contribution in [0.5, 0.6) is 0 Å². The lowest BCUT2D eigenvalue weighted by Crippen LogP contribution is -2.26. The molecule has 0 bridgehead atoms. The third-order valence-electron chi connectivity index (χ3n) is 3.37. The molecular weight excluding hydrogens is 366 g/mol. The SMILES string of the molecule is Cc1cc(C)n(CCCNS(=O)(=O)c2ccc(Br)cc2C)n1. The summed E-state index contributed by atoms with van der Waals surface area (Å²) in [5.74, 6) is 0. The number of sulfonamides is 1. The van der Waals surface area contributed by atoms with Crippen LogP contribution in [0.3, 0.4) is 0 Å². The lowest BCUT2D eigenvalue weighted by Gasteiger charge is -2.10. The van der Waals surface area contributed by atoms with E-state index in [0.717, 1.165) is 21.4 Å². The first-order valence-electron chi connectivity index (χ1n) is 7.06. The Balaban J connectivity index is 1.94. The average molecular weight is 386 g/mol.